The van der Waals surface area contributed by atoms with Crippen LogP contribution in [0.4, 0.5) is 10.6 Å². The fourth-order valence-corrected chi connectivity index (χ4v) is 2.93. The third-order valence-corrected chi connectivity index (χ3v) is 4.01. The number of rotatable bonds is 4. The lowest BCUT2D eigenvalue weighted by molar-refractivity contribution is 0.0635. The lowest BCUT2D eigenvalue weighted by Gasteiger charge is -2.18. The number of nitrogens with zero attached hydrogens (tertiary/aromatic N) is 4. The van der Waals surface area contributed by atoms with Gasteiger partial charge in [0, 0.05) is 19.6 Å². The highest BCUT2D eigenvalue weighted by atomic mass is 35.5. The highest BCUT2D eigenvalue weighted by molar-refractivity contribution is 5.85. The number of carbonyl (C=O) groups is 1. The van der Waals surface area contributed by atoms with Crippen molar-refractivity contribution in [2.45, 2.75) is 45.4 Å². The second kappa shape index (κ2) is 8.51. The Morgan fingerprint density at radius 2 is 2.04 bits per heavy atom. The molecule has 26 heavy (non-hydrogen) atoms. The van der Waals surface area contributed by atoms with E-state index in [2.05, 4.69) is 44.8 Å². The van der Waals surface area contributed by atoms with Crippen molar-refractivity contribution >= 4 is 24.3 Å². The minimum Gasteiger partial charge on any atom is -0.444 e. The van der Waals surface area contributed by atoms with Gasteiger partial charge in [-0.2, -0.15) is 0 Å². The van der Waals surface area contributed by atoms with Crippen molar-refractivity contribution in [2.24, 2.45) is 0 Å². The highest BCUT2D eigenvalue weighted by Gasteiger charge is 2.25. The van der Waals surface area contributed by atoms with Crippen LogP contribution in [0, 0.1) is 0 Å². The molecule has 0 bridgehead atoms. The first-order valence-corrected chi connectivity index (χ1v) is 8.57. The topological polar surface area (TPSA) is 72.3 Å². The molecule has 1 atom stereocenters. The van der Waals surface area contributed by atoms with E-state index in [0.29, 0.717) is 5.82 Å². The molecule has 1 aromatic carbocycles. The molecule has 0 saturated carbocycles. The first-order chi connectivity index (χ1) is 11.9. The molecule has 1 amide bonds. The first kappa shape index (κ1) is 20.2. The zero-order chi connectivity index (χ0) is 17.9. The summed E-state index contributed by atoms with van der Waals surface area (Å²) in [6.07, 6.45) is 2.26. The lowest BCUT2D eigenvalue weighted by Crippen LogP contribution is -2.27. The number of benzene rings is 1. The van der Waals surface area contributed by atoms with E-state index in [0.717, 1.165) is 26.1 Å². The molecule has 1 saturated heterocycles. The molecule has 1 unspecified atom stereocenters. The number of aromatic nitrogens is 3. The summed E-state index contributed by atoms with van der Waals surface area (Å²) in [5.41, 5.74) is 0.776. The molecular formula is C18H26ClN5O2. The van der Waals surface area contributed by atoms with Crippen LogP contribution in [0.25, 0.3) is 0 Å². The largest absolute Gasteiger partial charge is 0.444 e. The summed E-state index contributed by atoms with van der Waals surface area (Å²) in [5, 5.41) is 10.8. The third kappa shape index (κ3) is 5.71. The zero-order valence-corrected chi connectivity index (χ0v) is 16.2. The lowest BCUT2D eigenvalue weighted by atomic mass is 10.2. The van der Waals surface area contributed by atoms with Gasteiger partial charge in [-0.15, -0.1) is 17.5 Å². The maximum atomic E-state index is 11.8. The molecule has 2 heterocycles. The van der Waals surface area contributed by atoms with Crippen LogP contribution in [0.1, 0.15) is 38.8 Å². The summed E-state index contributed by atoms with van der Waals surface area (Å²) < 4.78 is 7.06. The van der Waals surface area contributed by atoms with Gasteiger partial charge in [0.2, 0.25) is 0 Å². The summed E-state index contributed by atoms with van der Waals surface area (Å²) >= 11 is 0. The van der Waals surface area contributed by atoms with Gasteiger partial charge in [0.25, 0.3) is 0 Å². The summed E-state index contributed by atoms with van der Waals surface area (Å²) in [6, 6.07) is 10.7. The molecule has 0 radical (unpaired) electrons. The van der Waals surface area contributed by atoms with E-state index >= 15 is 0 Å². The molecule has 3 rings (SSSR count). The van der Waals surface area contributed by atoms with Gasteiger partial charge in [-0.25, -0.2) is 9.48 Å². The van der Waals surface area contributed by atoms with Crippen molar-refractivity contribution in [1.29, 1.82) is 0 Å². The number of amides is 1. The van der Waals surface area contributed by atoms with Gasteiger partial charge < -0.3 is 4.74 Å². The summed E-state index contributed by atoms with van der Waals surface area (Å²) in [4.78, 5) is 14.2. The van der Waals surface area contributed by atoms with Crippen molar-refractivity contribution in [2.75, 3.05) is 18.4 Å². The van der Waals surface area contributed by atoms with Crippen LogP contribution >= 0.6 is 12.4 Å². The van der Waals surface area contributed by atoms with Crippen molar-refractivity contribution in [1.82, 2.24) is 19.9 Å². The van der Waals surface area contributed by atoms with Crippen LogP contribution in [0.2, 0.25) is 0 Å². The Kier molecular flexibility index (Phi) is 6.61. The molecule has 1 fully saturated rings. The first-order valence-electron chi connectivity index (χ1n) is 8.57. The molecule has 7 nitrogen and oxygen atoms in total. The van der Waals surface area contributed by atoms with E-state index in [-0.39, 0.29) is 18.4 Å². The fraction of sp³-hybridized carbons (Fsp3) is 0.500. The number of carbonyl (C=O) groups excluding carboxylic acids is 1. The number of ether oxygens (including phenoxy) is 1. The molecule has 0 spiro atoms. The van der Waals surface area contributed by atoms with Gasteiger partial charge in [0.05, 0.1) is 12.2 Å². The summed E-state index contributed by atoms with van der Waals surface area (Å²) in [5.74, 6) is 0.413. The van der Waals surface area contributed by atoms with Crippen molar-refractivity contribution in [3.63, 3.8) is 0 Å². The van der Waals surface area contributed by atoms with Gasteiger partial charge >= 0.3 is 6.09 Å². The molecule has 8 heteroatoms. The zero-order valence-electron chi connectivity index (χ0n) is 15.4. The SMILES string of the molecule is CC(C)(C)OC(=O)Nc1cn(C2CCN(Cc3ccccc3)C2)nn1.Cl. The van der Waals surface area contributed by atoms with Crippen LogP contribution in [-0.2, 0) is 11.3 Å². The molecule has 2 aromatic rings. The second-order valence-electron chi connectivity index (χ2n) is 7.37. The molecule has 142 valence electrons. The average Bonchev–Trinajstić information content (AvgIpc) is 3.15. The van der Waals surface area contributed by atoms with Crippen LogP contribution < -0.4 is 5.32 Å². The predicted octanol–water partition coefficient (Wildman–Crippen LogP) is 3.49. The molecule has 0 aliphatic carbocycles. The Hall–Kier alpha value is -2.12. The maximum Gasteiger partial charge on any atom is 0.413 e. The second-order valence-corrected chi connectivity index (χ2v) is 7.37. The Morgan fingerprint density at radius 3 is 2.73 bits per heavy atom. The standard InChI is InChI=1S/C18H25N5O2.ClH/c1-18(2,3)25-17(24)19-16-13-23(21-20-16)15-9-10-22(12-15)11-14-7-5-4-6-8-14;/h4-8,13,15H,9-12H2,1-3H3,(H,19,24);1H. The van der Waals surface area contributed by atoms with Crippen LogP contribution in [0.5, 0.6) is 0 Å². The predicted molar refractivity (Wildman–Crippen MR) is 102 cm³/mol. The highest BCUT2D eigenvalue weighted by Crippen LogP contribution is 2.23. The number of halogens is 1. The van der Waals surface area contributed by atoms with Gasteiger partial charge in [0.15, 0.2) is 5.82 Å². The Labute approximate surface area is 160 Å². The number of nitrogens with one attached hydrogen (secondary N) is 1. The maximum absolute atomic E-state index is 11.8. The monoisotopic (exact) mass is 379 g/mol. The third-order valence-electron chi connectivity index (χ3n) is 4.01. The van der Waals surface area contributed by atoms with E-state index < -0.39 is 11.7 Å². The summed E-state index contributed by atoms with van der Waals surface area (Å²) in [7, 11) is 0. The van der Waals surface area contributed by atoms with E-state index in [1.807, 2.05) is 31.5 Å². The molecule has 1 aromatic heterocycles. The molecule has 1 N–H and O–H groups in total. The number of anilines is 1. The fourth-order valence-electron chi connectivity index (χ4n) is 2.93. The normalized spacial score (nSPS) is 17.6. The quantitative estimate of drug-likeness (QED) is 0.880. The van der Waals surface area contributed by atoms with Crippen LogP contribution in [-0.4, -0.2) is 44.7 Å². The number of hydrogen-bond donors (Lipinski definition) is 1. The van der Waals surface area contributed by atoms with E-state index in [9.17, 15) is 4.79 Å². The van der Waals surface area contributed by atoms with E-state index in [1.54, 1.807) is 6.20 Å². The smallest absolute Gasteiger partial charge is 0.413 e. The van der Waals surface area contributed by atoms with Crippen molar-refractivity contribution in [3.8, 4) is 0 Å². The van der Waals surface area contributed by atoms with Gasteiger partial charge in [-0.05, 0) is 32.8 Å². The van der Waals surface area contributed by atoms with Crippen LogP contribution in [0.3, 0.4) is 0 Å². The van der Waals surface area contributed by atoms with Crippen molar-refractivity contribution < 1.29 is 9.53 Å². The average molecular weight is 380 g/mol. The van der Waals surface area contributed by atoms with E-state index in [1.165, 1.54) is 5.56 Å². The Balaban J connectivity index is 0.00000243. The number of likely N-dealkylation sites (tertiary alicyclic amines) is 1. The van der Waals surface area contributed by atoms with Gasteiger partial charge in [-0.3, -0.25) is 10.2 Å². The minimum atomic E-state index is -0.538. The minimum absolute atomic E-state index is 0. The Morgan fingerprint density at radius 1 is 1.31 bits per heavy atom. The molecule has 1 aliphatic heterocycles. The van der Waals surface area contributed by atoms with Gasteiger partial charge in [-0.1, -0.05) is 35.5 Å². The molecular weight excluding hydrogens is 354 g/mol. The number of hydrogen-bond acceptors (Lipinski definition) is 5. The van der Waals surface area contributed by atoms with Crippen LogP contribution in [0.15, 0.2) is 36.5 Å². The van der Waals surface area contributed by atoms with Gasteiger partial charge in [0.1, 0.15) is 5.60 Å². The van der Waals surface area contributed by atoms with Crippen molar-refractivity contribution in [3.05, 3.63) is 42.1 Å². The Bertz CT molecular complexity index is 714. The summed E-state index contributed by atoms with van der Waals surface area (Å²) in [6.45, 7) is 8.35. The van der Waals surface area contributed by atoms with E-state index in [4.69, 9.17) is 4.74 Å². The molecule has 1 aliphatic rings.